The maximum absolute atomic E-state index is 13.4. The van der Waals surface area contributed by atoms with Crippen molar-refractivity contribution in [2.24, 2.45) is 0 Å². The Kier molecular flexibility index (Phi) is 4.57. The molecule has 0 atom stereocenters. The molecule has 0 bridgehead atoms. The van der Waals surface area contributed by atoms with Gasteiger partial charge in [0.15, 0.2) is 0 Å². The molecule has 0 amide bonds. The van der Waals surface area contributed by atoms with Crippen LogP contribution in [-0.4, -0.2) is 23.4 Å². The summed E-state index contributed by atoms with van der Waals surface area (Å²) in [6.45, 7) is 3.14. The second-order valence-electron chi connectivity index (χ2n) is 4.99. The van der Waals surface area contributed by atoms with Gasteiger partial charge in [0.05, 0.1) is 24.1 Å². The van der Waals surface area contributed by atoms with E-state index in [-0.39, 0.29) is 17.8 Å². The molecule has 0 radical (unpaired) electrons. The number of anilines is 2. The molecule has 21 heavy (non-hydrogen) atoms. The van der Waals surface area contributed by atoms with Crippen molar-refractivity contribution < 1.29 is 4.39 Å². The van der Waals surface area contributed by atoms with Crippen molar-refractivity contribution in [3.05, 3.63) is 52.2 Å². The van der Waals surface area contributed by atoms with Crippen molar-refractivity contribution >= 4 is 11.4 Å². The zero-order chi connectivity index (χ0) is 15.4. The molecule has 0 unspecified atom stereocenters. The number of hydrogen-bond acceptors (Lipinski definition) is 4. The Morgan fingerprint density at radius 2 is 2.14 bits per heavy atom. The third kappa shape index (κ3) is 3.59. The van der Waals surface area contributed by atoms with E-state index in [0.717, 1.165) is 18.7 Å². The normalized spacial score (nSPS) is 10.6. The second-order valence-corrected chi connectivity index (χ2v) is 4.99. The molecular formula is C15H19FN4O. The summed E-state index contributed by atoms with van der Waals surface area (Å²) in [5.41, 5.74) is 6.73. The standard InChI is InChI=1S/C15H19FN4O/c1-3-6-19(2)12-8-15(21)20(18-9-12)10-11-4-5-14(17)13(16)7-11/h4-5,7-9H,3,6,10,17H2,1-2H3. The highest BCUT2D eigenvalue weighted by atomic mass is 19.1. The summed E-state index contributed by atoms with van der Waals surface area (Å²) >= 11 is 0. The molecule has 2 aromatic rings. The molecule has 2 rings (SSSR count). The van der Waals surface area contributed by atoms with Gasteiger partial charge in [0.1, 0.15) is 5.82 Å². The molecule has 2 N–H and O–H groups in total. The summed E-state index contributed by atoms with van der Waals surface area (Å²) in [6.07, 6.45) is 2.63. The van der Waals surface area contributed by atoms with E-state index in [1.165, 1.54) is 22.9 Å². The van der Waals surface area contributed by atoms with Crippen molar-refractivity contribution in [1.29, 1.82) is 0 Å². The smallest absolute Gasteiger partial charge is 0.269 e. The molecule has 0 aliphatic heterocycles. The van der Waals surface area contributed by atoms with Gasteiger partial charge >= 0.3 is 0 Å². The quantitative estimate of drug-likeness (QED) is 0.854. The number of hydrogen-bond donors (Lipinski definition) is 1. The lowest BCUT2D eigenvalue weighted by Crippen LogP contribution is -2.26. The number of rotatable bonds is 5. The maximum Gasteiger partial charge on any atom is 0.269 e. The molecular weight excluding hydrogens is 271 g/mol. The van der Waals surface area contributed by atoms with Gasteiger partial charge in [-0.3, -0.25) is 4.79 Å². The maximum atomic E-state index is 13.4. The molecule has 0 spiro atoms. The van der Waals surface area contributed by atoms with Crippen molar-refractivity contribution in [3.8, 4) is 0 Å². The number of nitrogens with two attached hydrogens (primary N) is 1. The topological polar surface area (TPSA) is 64.2 Å². The van der Waals surface area contributed by atoms with Gasteiger partial charge in [-0.15, -0.1) is 0 Å². The molecule has 6 heteroatoms. The Balaban J connectivity index is 2.21. The molecule has 0 saturated heterocycles. The zero-order valence-corrected chi connectivity index (χ0v) is 12.2. The third-order valence-electron chi connectivity index (χ3n) is 3.25. The van der Waals surface area contributed by atoms with E-state index >= 15 is 0 Å². The van der Waals surface area contributed by atoms with Crippen molar-refractivity contribution in [3.63, 3.8) is 0 Å². The summed E-state index contributed by atoms with van der Waals surface area (Å²) in [6, 6.07) is 6.03. The lowest BCUT2D eigenvalue weighted by Gasteiger charge is -2.17. The van der Waals surface area contributed by atoms with Gasteiger partial charge < -0.3 is 10.6 Å². The molecule has 1 aromatic heterocycles. The SMILES string of the molecule is CCCN(C)c1cnn(Cc2ccc(N)c(F)c2)c(=O)c1. The van der Waals surface area contributed by atoms with E-state index in [1.807, 2.05) is 11.9 Å². The van der Waals surface area contributed by atoms with Gasteiger partial charge in [-0.05, 0) is 24.1 Å². The fourth-order valence-corrected chi connectivity index (χ4v) is 2.06. The first-order valence-corrected chi connectivity index (χ1v) is 6.83. The van der Waals surface area contributed by atoms with Crippen LogP contribution in [0.2, 0.25) is 0 Å². The minimum Gasteiger partial charge on any atom is -0.396 e. The highest BCUT2D eigenvalue weighted by Gasteiger charge is 2.06. The lowest BCUT2D eigenvalue weighted by atomic mass is 10.2. The fraction of sp³-hybridized carbons (Fsp3) is 0.333. The van der Waals surface area contributed by atoms with Crippen LogP contribution in [0.1, 0.15) is 18.9 Å². The summed E-state index contributed by atoms with van der Waals surface area (Å²) < 4.78 is 14.7. The zero-order valence-electron chi connectivity index (χ0n) is 12.2. The molecule has 112 valence electrons. The Labute approximate surface area is 122 Å². The predicted octanol–water partition coefficient (Wildman–Crippen LogP) is 1.86. The highest BCUT2D eigenvalue weighted by molar-refractivity contribution is 5.42. The Hall–Kier alpha value is -2.37. The van der Waals surface area contributed by atoms with Gasteiger partial charge in [-0.25, -0.2) is 9.07 Å². The van der Waals surface area contributed by atoms with Crippen molar-refractivity contribution in [1.82, 2.24) is 9.78 Å². The third-order valence-corrected chi connectivity index (χ3v) is 3.25. The van der Waals surface area contributed by atoms with E-state index in [0.29, 0.717) is 5.56 Å². The molecule has 0 aliphatic carbocycles. The van der Waals surface area contributed by atoms with Crippen LogP contribution in [0.15, 0.2) is 35.3 Å². The minimum absolute atomic E-state index is 0.0931. The molecule has 0 fully saturated rings. The van der Waals surface area contributed by atoms with Crippen LogP contribution >= 0.6 is 0 Å². The molecule has 1 aromatic carbocycles. The first kappa shape index (κ1) is 15.0. The summed E-state index contributed by atoms with van der Waals surface area (Å²) in [4.78, 5) is 14.0. The van der Waals surface area contributed by atoms with E-state index in [2.05, 4.69) is 12.0 Å². The summed E-state index contributed by atoms with van der Waals surface area (Å²) in [5.74, 6) is -0.486. The highest BCUT2D eigenvalue weighted by Crippen LogP contribution is 2.13. The van der Waals surface area contributed by atoms with Gasteiger partial charge in [0.25, 0.3) is 5.56 Å². The lowest BCUT2D eigenvalue weighted by molar-refractivity contribution is 0.613. The largest absolute Gasteiger partial charge is 0.396 e. The van der Waals surface area contributed by atoms with Crippen LogP contribution in [0.4, 0.5) is 15.8 Å². The molecule has 5 nitrogen and oxygen atoms in total. The Morgan fingerprint density at radius 3 is 2.76 bits per heavy atom. The van der Waals surface area contributed by atoms with Gasteiger partial charge in [0, 0.05) is 19.7 Å². The van der Waals surface area contributed by atoms with E-state index in [1.54, 1.807) is 12.3 Å². The predicted molar refractivity (Wildman–Crippen MR) is 82.0 cm³/mol. The van der Waals surface area contributed by atoms with E-state index in [9.17, 15) is 9.18 Å². The first-order valence-electron chi connectivity index (χ1n) is 6.83. The van der Waals surface area contributed by atoms with Crippen LogP contribution in [-0.2, 0) is 6.54 Å². The molecule has 0 saturated carbocycles. The van der Waals surface area contributed by atoms with Gasteiger partial charge in [-0.2, -0.15) is 5.10 Å². The van der Waals surface area contributed by atoms with Gasteiger partial charge in [-0.1, -0.05) is 13.0 Å². The Bertz CT molecular complexity index is 684. The summed E-state index contributed by atoms with van der Waals surface area (Å²) in [7, 11) is 1.92. The number of benzene rings is 1. The van der Waals surface area contributed by atoms with E-state index in [4.69, 9.17) is 5.73 Å². The monoisotopic (exact) mass is 290 g/mol. The number of nitrogens with zero attached hydrogens (tertiary/aromatic N) is 3. The average Bonchev–Trinajstić information content (AvgIpc) is 2.45. The fourth-order valence-electron chi connectivity index (χ4n) is 2.06. The van der Waals surface area contributed by atoms with Gasteiger partial charge in [0.2, 0.25) is 0 Å². The molecule has 0 aliphatic rings. The van der Waals surface area contributed by atoms with Crippen LogP contribution in [0.5, 0.6) is 0 Å². The van der Waals surface area contributed by atoms with Crippen molar-refractivity contribution in [2.45, 2.75) is 19.9 Å². The van der Waals surface area contributed by atoms with Crippen LogP contribution in [0, 0.1) is 5.82 Å². The van der Waals surface area contributed by atoms with Crippen LogP contribution in [0.25, 0.3) is 0 Å². The first-order chi connectivity index (χ1) is 10.0. The summed E-state index contributed by atoms with van der Waals surface area (Å²) in [5, 5.41) is 4.14. The average molecular weight is 290 g/mol. The number of aromatic nitrogens is 2. The van der Waals surface area contributed by atoms with Crippen LogP contribution in [0.3, 0.4) is 0 Å². The second kappa shape index (κ2) is 6.39. The number of halogens is 1. The number of nitrogen functional groups attached to an aromatic ring is 1. The molecule has 1 heterocycles. The van der Waals surface area contributed by atoms with E-state index < -0.39 is 5.82 Å². The van der Waals surface area contributed by atoms with Crippen LogP contribution < -0.4 is 16.2 Å². The Morgan fingerprint density at radius 1 is 1.38 bits per heavy atom. The minimum atomic E-state index is -0.486. The van der Waals surface area contributed by atoms with Crippen molar-refractivity contribution in [2.75, 3.05) is 24.2 Å².